The van der Waals surface area contributed by atoms with Crippen LogP contribution in [0.4, 0.5) is 4.79 Å². The van der Waals surface area contributed by atoms with Crippen molar-refractivity contribution >= 4 is 6.09 Å². The van der Waals surface area contributed by atoms with Gasteiger partial charge in [-0.2, -0.15) is 0 Å². The third-order valence-corrected chi connectivity index (χ3v) is 4.55. The zero-order valence-corrected chi connectivity index (χ0v) is 14.2. The topological polar surface area (TPSA) is 41.6 Å². The Bertz CT molecular complexity index is 337. The summed E-state index contributed by atoms with van der Waals surface area (Å²) in [7, 11) is 0. The molecule has 122 valence electrons. The molecule has 4 heteroatoms. The van der Waals surface area contributed by atoms with Gasteiger partial charge in [0.05, 0.1) is 0 Å². The normalized spacial score (nSPS) is 28.8. The van der Waals surface area contributed by atoms with Crippen molar-refractivity contribution in [2.45, 2.75) is 96.4 Å². The number of fused-ring (bicyclic) bond motifs is 2. The van der Waals surface area contributed by atoms with Crippen LogP contribution in [0.3, 0.4) is 0 Å². The molecular formula is C17H32N2O2. The Kier molecular flexibility index (Phi) is 5.53. The van der Waals surface area contributed by atoms with Crippen LogP contribution < -0.4 is 5.32 Å². The summed E-state index contributed by atoms with van der Waals surface area (Å²) in [5, 5.41) is 3.69. The number of carbonyl (C=O) groups excluding carboxylic acids is 1. The lowest BCUT2D eigenvalue weighted by atomic mass is 9.97. The smallest absolute Gasteiger partial charge is 0.410 e. The number of hydrogen-bond donors (Lipinski definition) is 1. The number of hydrogen-bond acceptors (Lipinski definition) is 3. The molecule has 2 bridgehead atoms. The second kappa shape index (κ2) is 6.99. The number of amides is 1. The minimum absolute atomic E-state index is 0.112. The predicted octanol–water partition coefficient (Wildman–Crippen LogP) is 3.70. The second-order valence-electron chi connectivity index (χ2n) is 7.60. The monoisotopic (exact) mass is 296 g/mol. The molecular weight excluding hydrogens is 264 g/mol. The number of rotatable bonds is 5. The maximum absolute atomic E-state index is 12.4. The molecule has 0 aromatic heterocycles. The van der Waals surface area contributed by atoms with Gasteiger partial charge in [0, 0.05) is 18.1 Å². The van der Waals surface area contributed by atoms with Crippen molar-refractivity contribution in [3.63, 3.8) is 0 Å². The maximum atomic E-state index is 12.4. The highest BCUT2D eigenvalue weighted by atomic mass is 16.6. The molecule has 2 atom stereocenters. The van der Waals surface area contributed by atoms with Gasteiger partial charge in [-0.05, 0) is 59.4 Å². The fraction of sp³-hybridized carbons (Fsp3) is 0.941. The molecule has 1 N–H and O–H groups in total. The summed E-state index contributed by atoms with van der Waals surface area (Å²) in [6, 6.07) is 1.34. The summed E-state index contributed by atoms with van der Waals surface area (Å²) < 4.78 is 5.57. The first-order chi connectivity index (χ1) is 9.90. The van der Waals surface area contributed by atoms with Gasteiger partial charge in [0.2, 0.25) is 0 Å². The van der Waals surface area contributed by atoms with E-state index < -0.39 is 5.60 Å². The highest BCUT2D eigenvalue weighted by Crippen LogP contribution is 2.36. The fourth-order valence-electron chi connectivity index (χ4n) is 3.64. The predicted molar refractivity (Wildman–Crippen MR) is 85.4 cm³/mol. The van der Waals surface area contributed by atoms with E-state index in [0.717, 1.165) is 32.2 Å². The quantitative estimate of drug-likeness (QED) is 0.787. The Labute approximate surface area is 129 Å². The van der Waals surface area contributed by atoms with Gasteiger partial charge >= 0.3 is 6.09 Å². The van der Waals surface area contributed by atoms with E-state index in [1.807, 2.05) is 25.7 Å². The zero-order chi connectivity index (χ0) is 15.5. The summed E-state index contributed by atoms with van der Waals surface area (Å²) >= 11 is 0. The van der Waals surface area contributed by atoms with Crippen LogP contribution in [0.15, 0.2) is 0 Å². The van der Waals surface area contributed by atoms with E-state index in [4.69, 9.17) is 4.74 Å². The van der Waals surface area contributed by atoms with Gasteiger partial charge in [-0.1, -0.05) is 19.8 Å². The van der Waals surface area contributed by atoms with Crippen LogP contribution in [0, 0.1) is 0 Å². The molecule has 1 amide bonds. The van der Waals surface area contributed by atoms with Crippen LogP contribution >= 0.6 is 0 Å². The summed E-state index contributed by atoms with van der Waals surface area (Å²) in [6.45, 7) is 9.17. The van der Waals surface area contributed by atoms with Crippen LogP contribution in [0.5, 0.6) is 0 Å². The largest absolute Gasteiger partial charge is 0.444 e. The average molecular weight is 296 g/mol. The lowest BCUT2D eigenvalue weighted by Crippen LogP contribution is -2.52. The molecule has 0 radical (unpaired) electrons. The maximum Gasteiger partial charge on any atom is 0.410 e. The molecule has 0 aromatic carbocycles. The molecule has 2 fully saturated rings. The number of nitrogens with zero attached hydrogens (tertiary/aromatic N) is 1. The Morgan fingerprint density at radius 3 is 2.33 bits per heavy atom. The van der Waals surface area contributed by atoms with Gasteiger partial charge in [0.15, 0.2) is 0 Å². The van der Waals surface area contributed by atoms with Crippen molar-refractivity contribution in [3.05, 3.63) is 0 Å². The lowest BCUT2D eigenvalue weighted by molar-refractivity contribution is 0.00474. The first-order valence-electron chi connectivity index (χ1n) is 8.65. The lowest BCUT2D eigenvalue weighted by Gasteiger charge is -2.39. The van der Waals surface area contributed by atoms with E-state index >= 15 is 0 Å². The molecule has 2 rings (SSSR count). The molecule has 2 unspecified atom stereocenters. The molecule has 2 aliphatic rings. The molecule has 21 heavy (non-hydrogen) atoms. The van der Waals surface area contributed by atoms with E-state index in [0.29, 0.717) is 18.1 Å². The molecule has 2 heterocycles. The van der Waals surface area contributed by atoms with Crippen molar-refractivity contribution in [1.29, 1.82) is 0 Å². The third kappa shape index (κ3) is 4.60. The van der Waals surface area contributed by atoms with E-state index in [1.165, 1.54) is 19.3 Å². The minimum Gasteiger partial charge on any atom is -0.444 e. The Morgan fingerprint density at radius 1 is 1.19 bits per heavy atom. The third-order valence-electron chi connectivity index (χ3n) is 4.55. The number of carbonyl (C=O) groups is 1. The highest BCUT2D eigenvalue weighted by molar-refractivity contribution is 5.69. The summed E-state index contributed by atoms with van der Waals surface area (Å²) in [4.78, 5) is 14.4. The zero-order valence-electron chi connectivity index (χ0n) is 14.2. The first kappa shape index (κ1) is 16.6. The van der Waals surface area contributed by atoms with Gasteiger partial charge < -0.3 is 15.0 Å². The van der Waals surface area contributed by atoms with E-state index in [1.54, 1.807) is 0 Å². The minimum atomic E-state index is -0.397. The van der Waals surface area contributed by atoms with Crippen LogP contribution in [0.25, 0.3) is 0 Å². The highest BCUT2D eigenvalue weighted by Gasteiger charge is 2.44. The van der Waals surface area contributed by atoms with Crippen LogP contribution in [0.2, 0.25) is 0 Å². The van der Waals surface area contributed by atoms with Gasteiger partial charge in [0.1, 0.15) is 5.60 Å². The molecule has 0 aromatic rings. The first-order valence-corrected chi connectivity index (χ1v) is 8.65. The van der Waals surface area contributed by atoms with Crippen molar-refractivity contribution in [1.82, 2.24) is 10.2 Å². The summed E-state index contributed by atoms with van der Waals surface area (Å²) in [5.74, 6) is 0. The van der Waals surface area contributed by atoms with E-state index in [9.17, 15) is 4.79 Å². The van der Waals surface area contributed by atoms with Crippen molar-refractivity contribution < 1.29 is 9.53 Å². The van der Waals surface area contributed by atoms with Gasteiger partial charge in [0.25, 0.3) is 0 Å². The van der Waals surface area contributed by atoms with Crippen molar-refractivity contribution in [3.8, 4) is 0 Å². The van der Waals surface area contributed by atoms with E-state index in [2.05, 4.69) is 12.2 Å². The molecule has 2 saturated heterocycles. The number of nitrogens with one attached hydrogen (secondary N) is 1. The number of unbranched alkanes of at least 4 members (excludes halogenated alkanes) is 2. The Morgan fingerprint density at radius 2 is 1.81 bits per heavy atom. The van der Waals surface area contributed by atoms with Crippen molar-refractivity contribution in [2.24, 2.45) is 0 Å². The Hall–Kier alpha value is -0.770. The van der Waals surface area contributed by atoms with Crippen LogP contribution in [-0.2, 0) is 4.74 Å². The van der Waals surface area contributed by atoms with Crippen LogP contribution in [-0.4, -0.2) is 41.3 Å². The van der Waals surface area contributed by atoms with Crippen LogP contribution in [0.1, 0.15) is 72.6 Å². The molecule has 0 aliphatic carbocycles. The number of piperidine rings is 1. The average Bonchev–Trinajstić information content (AvgIpc) is 2.65. The van der Waals surface area contributed by atoms with Gasteiger partial charge in [-0.25, -0.2) is 4.79 Å². The number of ether oxygens (including phenoxy) is 1. The second-order valence-corrected chi connectivity index (χ2v) is 7.60. The standard InChI is InChI=1S/C17H32N2O2/c1-5-6-7-10-18-13-11-14-8-9-15(12-13)19(14)16(20)21-17(2,3)4/h13-15,18H,5-12H2,1-4H3. The molecule has 4 nitrogen and oxygen atoms in total. The summed E-state index contributed by atoms with van der Waals surface area (Å²) in [6.07, 6.45) is 8.16. The molecule has 0 spiro atoms. The van der Waals surface area contributed by atoms with Crippen molar-refractivity contribution in [2.75, 3.05) is 6.54 Å². The molecule has 2 aliphatic heterocycles. The molecule has 0 saturated carbocycles. The van der Waals surface area contributed by atoms with E-state index in [-0.39, 0.29) is 6.09 Å². The van der Waals surface area contributed by atoms with Gasteiger partial charge in [-0.15, -0.1) is 0 Å². The van der Waals surface area contributed by atoms with Gasteiger partial charge in [-0.3, -0.25) is 0 Å². The fourth-order valence-corrected chi connectivity index (χ4v) is 3.64. The Balaban J connectivity index is 1.83. The summed E-state index contributed by atoms with van der Waals surface area (Å²) in [5.41, 5.74) is -0.397. The SMILES string of the molecule is CCCCCNC1CC2CCC(C1)N2C(=O)OC(C)(C)C.